The highest BCUT2D eigenvalue weighted by Gasteiger charge is 2.20. The monoisotopic (exact) mass is 502 g/mol. The van der Waals surface area contributed by atoms with E-state index >= 15 is 0 Å². The van der Waals surface area contributed by atoms with Crippen molar-refractivity contribution in [3.05, 3.63) is 82.4 Å². The van der Waals surface area contributed by atoms with Gasteiger partial charge in [-0.3, -0.25) is 10.1 Å². The Balaban J connectivity index is 1.44. The molecule has 0 aliphatic carbocycles. The van der Waals surface area contributed by atoms with Gasteiger partial charge in [0.2, 0.25) is 11.7 Å². The Morgan fingerprint density at radius 2 is 1.78 bits per heavy atom. The molecular weight excluding hydrogens is 484 g/mol. The predicted molar refractivity (Wildman–Crippen MR) is 128 cm³/mol. The molecule has 0 bridgehead atoms. The number of fused-ring (bicyclic) bond motifs is 1. The Hall–Kier alpha value is -5.26. The summed E-state index contributed by atoms with van der Waals surface area (Å²) in [6.45, 7) is -0.355. The molecule has 0 fully saturated rings. The lowest BCUT2D eigenvalue weighted by Gasteiger charge is -2.11. The molecule has 0 radical (unpaired) electrons. The molecule has 0 unspecified atom stereocenters. The van der Waals surface area contributed by atoms with Crippen LogP contribution in [-0.2, 0) is 11.3 Å². The van der Waals surface area contributed by atoms with Crippen LogP contribution in [0.3, 0.4) is 0 Å². The highest BCUT2D eigenvalue weighted by atomic mass is 16.7. The lowest BCUT2D eigenvalue weighted by molar-refractivity contribution is -0.402. The molecule has 0 amide bonds. The van der Waals surface area contributed by atoms with Crippen LogP contribution in [0.2, 0.25) is 0 Å². The van der Waals surface area contributed by atoms with Gasteiger partial charge in [-0.25, -0.2) is 9.78 Å². The number of ether oxygens (including phenoxy) is 3. The van der Waals surface area contributed by atoms with Crippen molar-refractivity contribution in [3.8, 4) is 34.2 Å². The van der Waals surface area contributed by atoms with Crippen LogP contribution in [0.4, 0.5) is 5.88 Å². The van der Waals surface area contributed by atoms with Gasteiger partial charge in [0.05, 0.1) is 37.1 Å². The molecule has 186 valence electrons. The van der Waals surface area contributed by atoms with Crippen LogP contribution in [0.25, 0.3) is 33.6 Å². The number of nitrogens with zero attached hydrogens (tertiary/aromatic N) is 4. The molecule has 3 aromatic heterocycles. The van der Waals surface area contributed by atoms with Gasteiger partial charge in [0, 0.05) is 10.9 Å². The second kappa shape index (κ2) is 9.77. The molecule has 3 heterocycles. The largest absolute Gasteiger partial charge is 0.493 e. The standard InChI is InChI=1S/C25H18N4O8/c1-33-19-8-7-14(11-21(19)34-2)18-12-16(15-5-3-4-6-17(15)26-18)24-28-27-22(37-24)13-35-25(30)20-9-10-23(36-20)29(31)32/h3-12H,13H2,1-2H3. The van der Waals surface area contributed by atoms with Crippen molar-refractivity contribution in [2.24, 2.45) is 0 Å². The minimum Gasteiger partial charge on any atom is -0.493 e. The molecule has 0 aliphatic rings. The van der Waals surface area contributed by atoms with E-state index in [0.717, 1.165) is 23.1 Å². The first kappa shape index (κ1) is 23.5. The highest BCUT2D eigenvalue weighted by Crippen LogP contribution is 2.35. The molecule has 0 spiro atoms. The average molecular weight is 502 g/mol. The third kappa shape index (κ3) is 4.67. The first-order valence-corrected chi connectivity index (χ1v) is 10.8. The van der Waals surface area contributed by atoms with Gasteiger partial charge in [0.15, 0.2) is 18.1 Å². The molecular formula is C25H18N4O8. The van der Waals surface area contributed by atoms with Crippen LogP contribution in [0.1, 0.15) is 16.4 Å². The zero-order valence-electron chi connectivity index (χ0n) is 19.5. The van der Waals surface area contributed by atoms with E-state index in [9.17, 15) is 14.9 Å². The number of carbonyl (C=O) groups is 1. The van der Waals surface area contributed by atoms with E-state index in [1.807, 2.05) is 42.5 Å². The summed E-state index contributed by atoms with van der Waals surface area (Å²) in [4.78, 5) is 26.9. The van der Waals surface area contributed by atoms with Gasteiger partial charge in [0.1, 0.15) is 4.92 Å². The summed E-state index contributed by atoms with van der Waals surface area (Å²) in [5, 5.41) is 19.6. The lowest BCUT2D eigenvalue weighted by atomic mass is 10.0. The number of aromatic nitrogens is 3. The number of furan rings is 1. The quantitative estimate of drug-likeness (QED) is 0.163. The summed E-state index contributed by atoms with van der Waals surface area (Å²) in [6.07, 6.45) is 0. The third-order valence-electron chi connectivity index (χ3n) is 5.39. The van der Waals surface area contributed by atoms with Crippen molar-refractivity contribution in [2.45, 2.75) is 6.61 Å². The number of carbonyl (C=O) groups excluding carboxylic acids is 1. The molecule has 0 aliphatic heterocycles. The minimum atomic E-state index is -0.905. The molecule has 12 nitrogen and oxygen atoms in total. The van der Waals surface area contributed by atoms with Crippen LogP contribution < -0.4 is 9.47 Å². The fraction of sp³-hybridized carbons (Fsp3) is 0.120. The molecule has 12 heteroatoms. The summed E-state index contributed by atoms with van der Waals surface area (Å²) >= 11 is 0. The van der Waals surface area contributed by atoms with Crippen molar-refractivity contribution in [1.82, 2.24) is 15.2 Å². The van der Waals surface area contributed by atoms with Crippen molar-refractivity contribution in [1.29, 1.82) is 0 Å². The first-order chi connectivity index (χ1) is 18.0. The van der Waals surface area contributed by atoms with Gasteiger partial charge in [-0.1, -0.05) is 18.2 Å². The van der Waals surface area contributed by atoms with Crippen molar-refractivity contribution < 1.29 is 32.8 Å². The second-order valence-corrected chi connectivity index (χ2v) is 7.61. The van der Waals surface area contributed by atoms with Crippen LogP contribution >= 0.6 is 0 Å². The Morgan fingerprint density at radius 1 is 0.973 bits per heavy atom. The number of pyridine rings is 1. The molecule has 5 aromatic rings. The maximum absolute atomic E-state index is 12.1. The number of methoxy groups -OCH3 is 2. The maximum atomic E-state index is 12.1. The topological polar surface area (TPSA) is 153 Å². The van der Waals surface area contributed by atoms with Crippen molar-refractivity contribution in [3.63, 3.8) is 0 Å². The Morgan fingerprint density at radius 3 is 2.54 bits per heavy atom. The van der Waals surface area contributed by atoms with Crippen molar-refractivity contribution in [2.75, 3.05) is 14.2 Å². The summed E-state index contributed by atoms with van der Waals surface area (Å²) in [6, 6.07) is 17.0. The number of para-hydroxylation sites is 1. The SMILES string of the molecule is COc1ccc(-c2cc(-c3nnc(COC(=O)c4ccc([N+](=O)[O-])o4)o3)c3ccccc3n2)cc1OC. The van der Waals surface area contributed by atoms with E-state index in [2.05, 4.69) is 10.2 Å². The zero-order valence-corrected chi connectivity index (χ0v) is 19.5. The molecule has 5 rings (SSSR count). The van der Waals surface area contributed by atoms with Gasteiger partial charge in [-0.05, 0) is 36.4 Å². The number of hydrogen-bond acceptors (Lipinski definition) is 11. The number of esters is 1. The average Bonchev–Trinajstić information content (AvgIpc) is 3.61. The van der Waals surface area contributed by atoms with Gasteiger partial charge < -0.3 is 23.0 Å². The van der Waals surface area contributed by atoms with Gasteiger partial charge in [-0.2, -0.15) is 0 Å². The lowest BCUT2D eigenvalue weighted by Crippen LogP contribution is -2.04. The van der Waals surface area contributed by atoms with Crippen LogP contribution in [0.15, 0.2) is 69.5 Å². The Labute approximate surface area is 208 Å². The third-order valence-corrected chi connectivity index (χ3v) is 5.39. The first-order valence-electron chi connectivity index (χ1n) is 10.8. The van der Waals surface area contributed by atoms with E-state index < -0.39 is 16.8 Å². The summed E-state index contributed by atoms with van der Waals surface area (Å²) in [5.41, 5.74) is 2.75. The Kier molecular flexibility index (Phi) is 6.20. The van der Waals surface area contributed by atoms with E-state index in [1.165, 1.54) is 0 Å². The number of nitro groups is 1. The van der Waals surface area contributed by atoms with Gasteiger partial charge >= 0.3 is 11.9 Å². The van der Waals surface area contributed by atoms with Crippen LogP contribution in [-0.4, -0.2) is 40.3 Å². The van der Waals surface area contributed by atoms with E-state index in [0.29, 0.717) is 28.3 Å². The summed E-state index contributed by atoms with van der Waals surface area (Å²) < 4.78 is 26.4. The highest BCUT2D eigenvalue weighted by molar-refractivity contribution is 5.94. The fourth-order valence-electron chi connectivity index (χ4n) is 3.65. The summed E-state index contributed by atoms with van der Waals surface area (Å²) in [5.74, 6) is -0.420. The van der Waals surface area contributed by atoms with Gasteiger partial charge in [0.25, 0.3) is 5.89 Å². The zero-order chi connectivity index (χ0) is 25.9. The fourth-order valence-corrected chi connectivity index (χ4v) is 3.65. The molecule has 37 heavy (non-hydrogen) atoms. The normalized spacial score (nSPS) is 10.9. The van der Waals surface area contributed by atoms with E-state index in [1.54, 1.807) is 20.3 Å². The van der Waals surface area contributed by atoms with Crippen molar-refractivity contribution >= 4 is 22.8 Å². The maximum Gasteiger partial charge on any atom is 0.433 e. The molecule has 0 N–H and O–H groups in total. The number of hydrogen-bond donors (Lipinski definition) is 0. The second-order valence-electron chi connectivity index (χ2n) is 7.61. The predicted octanol–water partition coefficient (Wildman–Crippen LogP) is 4.83. The minimum absolute atomic E-state index is 0.0259. The summed E-state index contributed by atoms with van der Waals surface area (Å²) in [7, 11) is 3.12. The van der Waals surface area contributed by atoms with E-state index in [-0.39, 0.29) is 24.1 Å². The van der Waals surface area contributed by atoms with Crippen LogP contribution in [0.5, 0.6) is 11.5 Å². The van der Waals surface area contributed by atoms with E-state index in [4.69, 9.17) is 28.0 Å². The molecule has 0 saturated carbocycles. The molecule has 0 atom stereocenters. The molecule has 0 saturated heterocycles. The Bertz CT molecular complexity index is 1620. The number of benzene rings is 2. The number of rotatable bonds is 8. The smallest absolute Gasteiger partial charge is 0.433 e. The van der Waals surface area contributed by atoms with Gasteiger partial charge in [-0.15, -0.1) is 10.2 Å². The van der Waals surface area contributed by atoms with Crippen LogP contribution in [0, 0.1) is 10.1 Å². The molecule has 2 aromatic carbocycles.